The number of aromatic nitrogens is 1. The number of ether oxygens (including phenoxy) is 1. The standard InChI is InChI=1S/C19H17ClF2N2O5/c1-29-18-15-9(2-13(22)16(18)23-4-8(5-23)11(20)7-25)17(26)10(19(27)28)6-24(15)14-3-12(14)21/h2,6,12,14,25H,3-5,7H2,1H3,(H,27,28). The van der Waals surface area contributed by atoms with Crippen LogP contribution in [0.15, 0.2) is 27.7 Å². The summed E-state index contributed by atoms with van der Waals surface area (Å²) in [6, 6.07) is 0.308. The van der Waals surface area contributed by atoms with Crippen molar-refractivity contribution in [3.63, 3.8) is 0 Å². The van der Waals surface area contributed by atoms with E-state index in [0.717, 1.165) is 17.8 Å². The number of hydrogen-bond donors (Lipinski definition) is 2. The number of carboxylic acid groups (broad SMARTS) is 1. The predicted octanol–water partition coefficient (Wildman–Crippen LogP) is 2.44. The number of methoxy groups -OCH3 is 1. The van der Waals surface area contributed by atoms with Crippen LogP contribution < -0.4 is 15.1 Å². The molecule has 2 N–H and O–H groups in total. The molecule has 2 aromatic rings. The molecule has 0 bridgehead atoms. The first kappa shape index (κ1) is 19.7. The van der Waals surface area contributed by atoms with Crippen LogP contribution in [0, 0.1) is 5.82 Å². The molecule has 1 saturated heterocycles. The highest BCUT2D eigenvalue weighted by molar-refractivity contribution is 6.30. The highest BCUT2D eigenvalue weighted by Crippen LogP contribution is 2.46. The SMILES string of the molecule is COc1c(N2CC(=C(Cl)CO)C2)c(F)cc2c(=O)c(C(=O)O)cn(C3CC3F)c12. The normalized spacial score (nSPS) is 20.6. The van der Waals surface area contributed by atoms with Gasteiger partial charge in [0.2, 0.25) is 5.43 Å². The van der Waals surface area contributed by atoms with Crippen molar-refractivity contribution < 1.29 is 28.5 Å². The summed E-state index contributed by atoms with van der Waals surface area (Å²) in [4.78, 5) is 25.7. The molecular weight excluding hydrogens is 410 g/mol. The predicted molar refractivity (Wildman–Crippen MR) is 102 cm³/mol. The van der Waals surface area contributed by atoms with Gasteiger partial charge in [-0.25, -0.2) is 13.6 Å². The van der Waals surface area contributed by atoms with E-state index in [9.17, 15) is 23.5 Å². The summed E-state index contributed by atoms with van der Waals surface area (Å²) >= 11 is 5.92. The molecule has 0 radical (unpaired) electrons. The zero-order chi connectivity index (χ0) is 21.0. The van der Waals surface area contributed by atoms with Crippen molar-refractivity contribution in [1.29, 1.82) is 0 Å². The molecule has 1 aliphatic heterocycles. The molecule has 10 heteroatoms. The van der Waals surface area contributed by atoms with E-state index in [1.54, 1.807) is 4.90 Å². The molecule has 2 aliphatic rings. The van der Waals surface area contributed by atoms with E-state index in [1.807, 2.05) is 0 Å². The number of aliphatic hydroxyl groups is 1. The number of benzene rings is 1. The molecule has 7 nitrogen and oxygen atoms in total. The Kier molecular flexibility index (Phi) is 4.74. The second-order valence-corrected chi connectivity index (χ2v) is 7.52. The van der Waals surface area contributed by atoms with Gasteiger partial charge in [0.05, 0.1) is 30.7 Å². The van der Waals surface area contributed by atoms with E-state index in [1.165, 1.54) is 11.7 Å². The number of aliphatic hydroxyl groups excluding tert-OH is 1. The molecule has 1 aliphatic carbocycles. The smallest absolute Gasteiger partial charge is 0.341 e. The zero-order valence-corrected chi connectivity index (χ0v) is 16.0. The van der Waals surface area contributed by atoms with Crippen molar-refractivity contribution in [2.45, 2.75) is 18.6 Å². The third-order valence-corrected chi connectivity index (χ3v) is 5.66. The van der Waals surface area contributed by atoms with Gasteiger partial charge in [-0.05, 0) is 11.6 Å². The minimum absolute atomic E-state index is 0.0207. The van der Waals surface area contributed by atoms with E-state index in [2.05, 4.69) is 0 Å². The van der Waals surface area contributed by atoms with Crippen LogP contribution in [0.4, 0.5) is 14.5 Å². The van der Waals surface area contributed by atoms with Gasteiger partial charge in [0, 0.05) is 30.7 Å². The molecule has 2 heterocycles. The quantitative estimate of drug-likeness (QED) is 0.763. The number of carboxylic acids is 1. The van der Waals surface area contributed by atoms with Gasteiger partial charge in [-0.3, -0.25) is 4.79 Å². The van der Waals surface area contributed by atoms with E-state index in [-0.39, 0.29) is 53.5 Å². The molecular formula is C19H17ClF2N2O5. The molecule has 29 heavy (non-hydrogen) atoms. The number of rotatable bonds is 5. The van der Waals surface area contributed by atoms with Gasteiger partial charge in [-0.15, -0.1) is 0 Å². The summed E-state index contributed by atoms with van der Waals surface area (Å²) in [6.45, 7) is 0.189. The summed E-state index contributed by atoms with van der Waals surface area (Å²) in [6.07, 6.45) is 0.0589. The number of nitrogens with zero attached hydrogens (tertiary/aromatic N) is 2. The molecule has 1 aromatic heterocycles. The first-order valence-corrected chi connectivity index (χ1v) is 9.21. The van der Waals surface area contributed by atoms with E-state index in [4.69, 9.17) is 21.4 Å². The Hall–Kier alpha value is -2.65. The Morgan fingerprint density at radius 3 is 2.59 bits per heavy atom. The topological polar surface area (TPSA) is 92.0 Å². The third-order valence-electron chi connectivity index (χ3n) is 5.27. The molecule has 2 atom stereocenters. The van der Waals surface area contributed by atoms with Crippen LogP contribution in [0.25, 0.3) is 10.9 Å². The lowest BCUT2D eigenvalue weighted by molar-refractivity contribution is 0.0694. The Bertz CT molecular complexity index is 1120. The van der Waals surface area contributed by atoms with E-state index < -0.39 is 35.0 Å². The van der Waals surface area contributed by atoms with Crippen LogP contribution in [-0.2, 0) is 0 Å². The van der Waals surface area contributed by atoms with Gasteiger partial charge >= 0.3 is 5.97 Å². The van der Waals surface area contributed by atoms with Crippen LogP contribution in [-0.4, -0.2) is 53.7 Å². The van der Waals surface area contributed by atoms with Crippen LogP contribution in [0.1, 0.15) is 22.8 Å². The second kappa shape index (κ2) is 7.00. The molecule has 0 spiro atoms. The van der Waals surface area contributed by atoms with Gasteiger partial charge in [0.25, 0.3) is 0 Å². The lowest BCUT2D eigenvalue weighted by atomic mass is 10.0. The largest absolute Gasteiger partial charge is 0.492 e. The van der Waals surface area contributed by atoms with Gasteiger partial charge in [-0.1, -0.05) is 11.6 Å². The minimum Gasteiger partial charge on any atom is -0.492 e. The number of carbonyl (C=O) groups is 1. The van der Waals surface area contributed by atoms with E-state index >= 15 is 0 Å². The molecule has 1 aromatic carbocycles. The summed E-state index contributed by atoms with van der Waals surface area (Å²) in [5.74, 6) is -2.22. The summed E-state index contributed by atoms with van der Waals surface area (Å²) in [7, 11) is 1.30. The first-order chi connectivity index (χ1) is 13.8. The molecule has 2 unspecified atom stereocenters. The number of halogens is 3. The van der Waals surface area contributed by atoms with Gasteiger partial charge in [-0.2, -0.15) is 0 Å². The Morgan fingerprint density at radius 2 is 2.07 bits per heavy atom. The van der Waals surface area contributed by atoms with Crippen LogP contribution in [0.2, 0.25) is 0 Å². The Morgan fingerprint density at radius 1 is 1.41 bits per heavy atom. The van der Waals surface area contributed by atoms with Crippen molar-refractivity contribution in [2.75, 3.05) is 31.7 Å². The summed E-state index contributed by atoms with van der Waals surface area (Å²) in [5, 5.41) is 18.5. The van der Waals surface area contributed by atoms with Crippen molar-refractivity contribution in [3.05, 3.63) is 44.5 Å². The number of hydrogen-bond acceptors (Lipinski definition) is 5. The highest BCUT2D eigenvalue weighted by atomic mass is 35.5. The van der Waals surface area contributed by atoms with Crippen molar-refractivity contribution >= 4 is 34.2 Å². The Labute approximate surface area is 168 Å². The van der Waals surface area contributed by atoms with E-state index in [0.29, 0.717) is 0 Å². The van der Waals surface area contributed by atoms with Crippen LogP contribution in [0.3, 0.4) is 0 Å². The second-order valence-electron chi connectivity index (χ2n) is 7.06. The molecule has 2 fully saturated rings. The zero-order valence-electron chi connectivity index (χ0n) is 15.3. The maximum absolute atomic E-state index is 15.0. The minimum atomic E-state index is -1.47. The summed E-state index contributed by atoms with van der Waals surface area (Å²) < 4.78 is 35.6. The van der Waals surface area contributed by atoms with Gasteiger partial charge < -0.3 is 24.4 Å². The molecule has 1 saturated carbocycles. The molecule has 0 amide bonds. The average Bonchev–Trinajstić information content (AvgIpc) is 3.37. The maximum atomic E-state index is 15.0. The highest BCUT2D eigenvalue weighted by Gasteiger charge is 2.41. The Balaban J connectivity index is 1.96. The lowest BCUT2D eigenvalue weighted by Gasteiger charge is -2.38. The maximum Gasteiger partial charge on any atom is 0.341 e. The van der Waals surface area contributed by atoms with Crippen LogP contribution in [0.5, 0.6) is 5.75 Å². The molecule has 4 rings (SSSR count). The van der Waals surface area contributed by atoms with Gasteiger partial charge in [0.1, 0.15) is 17.4 Å². The monoisotopic (exact) mass is 426 g/mol. The van der Waals surface area contributed by atoms with Crippen LogP contribution >= 0.6 is 11.6 Å². The first-order valence-electron chi connectivity index (χ1n) is 8.83. The van der Waals surface area contributed by atoms with Crippen molar-refractivity contribution in [1.82, 2.24) is 4.57 Å². The number of alkyl halides is 1. The number of aromatic carboxylic acids is 1. The number of fused-ring (bicyclic) bond motifs is 1. The summed E-state index contributed by atoms with van der Waals surface area (Å²) in [5.41, 5.74) is -0.473. The third kappa shape index (κ3) is 3.05. The lowest BCUT2D eigenvalue weighted by Crippen LogP contribution is -2.41. The fraction of sp³-hybridized carbons (Fsp3) is 0.368. The number of pyridine rings is 1. The molecule has 154 valence electrons. The fourth-order valence-corrected chi connectivity index (χ4v) is 3.76. The number of anilines is 1. The van der Waals surface area contributed by atoms with Crippen molar-refractivity contribution in [2.24, 2.45) is 0 Å². The van der Waals surface area contributed by atoms with Crippen molar-refractivity contribution in [3.8, 4) is 5.75 Å². The average molecular weight is 427 g/mol. The fourth-order valence-electron chi connectivity index (χ4n) is 3.64. The van der Waals surface area contributed by atoms with Gasteiger partial charge in [0.15, 0.2) is 11.6 Å².